The quantitative estimate of drug-likeness (QED) is 0.686. The van der Waals surface area contributed by atoms with Gasteiger partial charge in [0.05, 0.1) is 17.9 Å². The maximum atomic E-state index is 8.63. The minimum Gasteiger partial charge on any atom is -0.198 e. The lowest BCUT2D eigenvalue weighted by atomic mass is 10.2. The van der Waals surface area contributed by atoms with Crippen molar-refractivity contribution in [2.24, 2.45) is 0 Å². The molecule has 0 saturated carbocycles. The molecule has 50 valence electrons. The van der Waals surface area contributed by atoms with Gasteiger partial charge >= 0.3 is 0 Å². The second-order valence-corrected chi connectivity index (χ2v) is 2.22. The average Bonchev–Trinajstić information content (AvgIpc) is 2.23. The highest BCUT2D eigenvalue weighted by molar-refractivity contribution is 9.10. The molecule has 1 rings (SSSR count). The molecule has 0 N–H and O–H groups in total. The van der Waals surface area contributed by atoms with Crippen LogP contribution in [0.1, 0.15) is 13.8 Å². The first kappa shape index (κ1) is 2.67. The first-order valence-electron chi connectivity index (χ1n) is 5.41. The second kappa shape index (κ2) is 3.38. The zero-order valence-corrected chi connectivity index (χ0v) is 6.41. The van der Waals surface area contributed by atoms with Gasteiger partial charge in [0.1, 0.15) is 0 Å². The summed E-state index contributed by atoms with van der Waals surface area (Å²) >= 11 is 2.88. The van der Waals surface area contributed by atoms with E-state index < -0.39 is 30.1 Å². The average molecular weight is 202 g/mol. The third-order valence-electron chi connectivity index (χ3n) is 0.775. The molecule has 0 spiro atoms. The van der Waals surface area contributed by atoms with Gasteiger partial charge in [-0.15, -0.1) is 0 Å². The molecule has 0 aliphatic rings. The number of hydrogen-bond acceptors (Lipinski definition) is 1. The fourth-order valence-corrected chi connectivity index (χ4v) is 0.737. The van der Waals surface area contributed by atoms with E-state index in [0.717, 1.165) is 0 Å². The Morgan fingerprint density at radius 2 is 2.60 bits per heavy atom. The summed E-state index contributed by atoms with van der Waals surface area (Å²) in [6, 6.07) is -0.541. The Hall–Kier alpha value is -0.810. The molecule has 0 aliphatic carbocycles. The minimum absolute atomic E-state index is 0.0809. The lowest BCUT2D eigenvalue weighted by molar-refractivity contribution is 1.26. The SMILES string of the molecule is [2H]c1c([2H])c(Br)c([2H])c(C([2H])([2H])C#N)c1[2H]. The molecule has 0 fully saturated rings. The van der Waals surface area contributed by atoms with Crippen LogP contribution in [0, 0.1) is 11.3 Å². The first-order chi connectivity index (χ1) is 7.24. The zero-order chi connectivity index (χ0) is 12.7. The van der Waals surface area contributed by atoms with Crippen LogP contribution in [0.2, 0.25) is 0 Å². The number of halogens is 1. The first-order valence-corrected chi connectivity index (χ1v) is 3.21. The van der Waals surface area contributed by atoms with E-state index in [1.54, 1.807) is 0 Å². The molecule has 0 bridgehead atoms. The van der Waals surface area contributed by atoms with E-state index in [1.807, 2.05) is 0 Å². The summed E-state index contributed by atoms with van der Waals surface area (Å²) in [6.07, 6.45) is -2.51. The summed E-state index contributed by atoms with van der Waals surface area (Å²) in [4.78, 5) is 0. The van der Waals surface area contributed by atoms with Crippen LogP contribution < -0.4 is 0 Å². The van der Waals surface area contributed by atoms with Crippen molar-refractivity contribution in [1.82, 2.24) is 0 Å². The van der Waals surface area contributed by atoms with Gasteiger partial charge < -0.3 is 0 Å². The maximum Gasteiger partial charge on any atom is 0.0669 e. The van der Waals surface area contributed by atoms with Gasteiger partial charge in [-0.25, -0.2) is 0 Å². The zero-order valence-electron chi connectivity index (χ0n) is 10.8. The molecule has 1 aromatic rings. The third kappa shape index (κ3) is 1.85. The summed E-state index contributed by atoms with van der Waals surface area (Å²) in [5.41, 5.74) is -0.483. The van der Waals surface area contributed by atoms with Crippen molar-refractivity contribution in [2.45, 2.75) is 6.37 Å². The fraction of sp³-hybridized carbons (Fsp3) is 0.125. The van der Waals surface area contributed by atoms with Crippen LogP contribution in [0.5, 0.6) is 0 Å². The summed E-state index contributed by atoms with van der Waals surface area (Å²) < 4.78 is 44.5. The van der Waals surface area contributed by atoms with Crippen molar-refractivity contribution >= 4 is 15.9 Å². The van der Waals surface area contributed by atoms with Gasteiger partial charge in [-0.05, 0) is 17.6 Å². The highest BCUT2D eigenvalue weighted by Crippen LogP contribution is 2.11. The third-order valence-corrected chi connectivity index (χ3v) is 1.17. The molecule has 2 heteroatoms. The van der Waals surface area contributed by atoms with Crippen molar-refractivity contribution in [3.8, 4) is 6.07 Å². The molecule has 1 aromatic carbocycles. The van der Waals surface area contributed by atoms with Gasteiger partial charge in [-0.3, -0.25) is 0 Å². The van der Waals surface area contributed by atoms with Crippen LogP contribution in [-0.4, -0.2) is 0 Å². The second-order valence-electron chi connectivity index (χ2n) is 1.43. The van der Waals surface area contributed by atoms with Crippen LogP contribution in [-0.2, 0) is 6.37 Å². The number of nitriles is 1. The summed E-state index contributed by atoms with van der Waals surface area (Å²) in [5.74, 6) is 0. The van der Waals surface area contributed by atoms with E-state index in [9.17, 15) is 0 Å². The summed E-state index contributed by atoms with van der Waals surface area (Å²) in [5, 5.41) is 8.63. The van der Waals surface area contributed by atoms with Crippen molar-refractivity contribution in [1.29, 1.82) is 5.26 Å². The molecule has 0 aliphatic heterocycles. The van der Waals surface area contributed by atoms with E-state index >= 15 is 0 Å². The standard InChI is InChI=1S/C8H6BrN/c9-8-3-1-2-7(6-8)4-5-10/h1-3,6H,4H2/i1D,2D,3D,4D2,6D. The number of rotatable bonds is 1. The van der Waals surface area contributed by atoms with Gasteiger partial charge in [-0.2, -0.15) is 5.26 Å². The lowest BCUT2D eigenvalue weighted by Crippen LogP contribution is -1.78. The van der Waals surface area contributed by atoms with E-state index in [1.165, 1.54) is 6.07 Å². The number of nitrogens with zero attached hydrogens (tertiary/aromatic N) is 1. The summed E-state index contributed by atoms with van der Waals surface area (Å²) in [7, 11) is 0. The van der Waals surface area contributed by atoms with Gasteiger partial charge in [0, 0.05) is 7.21 Å². The molecule has 0 saturated heterocycles. The molecule has 0 amide bonds. The normalized spacial score (nSPS) is 18.8. The van der Waals surface area contributed by atoms with Crippen molar-refractivity contribution in [2.75, 3.05) is 0 Å². The Labute approximate surface area is 76.9 Å². The molecule has 0 unspecified atom stereocenters. The van der Waals surface area contributed by atoms with Gasteiger partial charge in [0.15, 0.2) is 0 Å². The number of benzene rings is 1. The van der Waals surface area contributed by atoms with Gasteiger partial charge in [-0.1, -0.05) is 28.0 Å². The molecular formula is C8H6BrN. The molecule has 0 atom stereocenters. The highest BCUT2D eigenvalue weighted by atomic mass is 79.9. The van der Waals surface area contributed by atoms with E-state index in [2.05, 4.69) is 15.9 Å². The van der Waals surface area contributed by atoms with Crippen LogP contribution in [0.15, 0.2) is 28.6 Å². The van der Waals surface area contributed by atoms with Gasteiger partial charge in [0.25, 0.3) is 0 Å². The molecule has 0 aromatic heterocycles. The predicted octanol–water partition coefficient (Wildman–Crippen LogP) is 2.52. The Morgan fingerprint density at radius 1 is 1.80 bits per heavy atom. The molecular weight excluding hydrogens is 190 g/mol. The highest BCUT2D eigenvalue weighted by Gasteiger charge is 1.90. The Balaban J connectivity index is 3.73. The summed E-state index contributed by atoms with van der Waals surface area (Å²) in [6.45, 7) is 0. The van der Waals surface area contributed by atoms with Crippen LogP contribution in [0.4, 0.5) is 0 Å². The predicted molar refractivity (Wildman–Crippen MR) is 43.5 cm³/mol. The largest absolute Gasteiger partial charge is 0.198 e. The van der Waals surface area contributed by atoms with Crippen molar-refractivity contribution in [3.05, 3.63) is 34.2 Å². The topological polar surface area (TPSA) is 23.8 Å². The molecule has 0 heterocycles. The maximum absolute atomic E-state index is 8.63. The Bertz CT molecular complexity index is 463. The van der Waals surface area contributed by atoms with E-state index in [4.69, 9.17) is 13.5 Å². The van der Waals surface area contributed by atoms with Crippen molar-refractivity contribution in [3.63, 3.8) is 0 Å². The minimum atomic E-state index is -2.51. The molecule has 10 heavy (non-hydrogen) atoms. The Morgan fingerprint density at radius 3 is 3.30 bits per heavy atom. The van der Waals surface area contributed by atoms with E-state index in [0.29, 0.717) is 0 Å². The monoisotopic (exact) mass is 201 g/mol. The van der Waals surface area contributed by atoms with E-state index in [-0.39, 0.29) is 10.5 Å². The van der Waals surface area contributed by atoms with Gasteiger partial charge in [0.2, 0.25) is 0 Å². The Kier molecular flexibility index (Phi) is 0.903. The smallest absolute Gasteiger partial charge is 0.0669 e. The fourth-order valence-electron chi connectivity index (χ4n) is 0.439. The van der Waals surface area contributed by atoms with Crippen LogP contribution >= 0.6 is 15.9 Å². The number of hydrogen-bond donors (Lipinski definition) is 0. The molecule has 1 nitrogen and oxygen atoms in total. The lowest BCUT2D eigenvalue weighted by Gasteiger charge is -1.92. The van der Waals surface area contributed by atoms with Crippen LogP contribution in [0.25, 0.3) is 0 Å². The van der Waals surface area contributed by atoms with Crippen molar-refractivity contribution < 1.29 is 8.22 Å². The molecule has 0 radical (unpaired) electrons. The van der Waals surface area contributed by atoms with Crippen LogP contribution in [0.3, 0.4) is 0 Å².